The highest BCUT2D eigenvalue weighted by Gasteiger charge is 2.32. The molecule has 3 rings (SSSR count). The van der Waals surface area contributed by atoms with E-state index in [2.05, 4.69) is 0 Å². The molecular formula is C14H14ClNO. The molecule has 2 aliphatic rings. The predicted octanol–water partition coefficient (Wildman–Crippen LogP) is 2.94. The van der Waals surface area contributed by atoms with Gasteiger partial charge in [-0.3, -0.25) is 4.79 Å². The first-order chi connectivity index (χ1) is 9.70. The van der Waals surface area contributed by atoms with E-state index in [1.165, 1.54) is 0 Å². The summed E-state index contributed by atoms with van der Waals surface area (Å²) in [7, 11) is 0. The summed E-state index contributed by atoms with van der Waals surface area (Å²) < 4.78 is 32.6. The van der Waals surface area contributed by atoms with Gasteiger partial charge in [0.25, 0.3) is 0 Å². The minimum absolute atomic E-state index is 0.0314. The lowest BCUT2D eigenvalue weighted by Gasteiger charge is -2.22. The van der Waals surface area contributed by atoms with Gasteiger partial charge in [-0.2, -0.15) is 0 Å². The van der Waals surface area contributed by atoms with Gasteiger partial charge in [-0.25, -0.2) is 0 Å². The molecule has 0 saturated carbocycles. The number of carbonyl (C=O) groups excluding carboxylic acids is 1. The van der Waals surface area contributed by atoms with E-state index in [-0.39, 0.29) is 18.9 Å². The summed E-state index contributed by atoms with van der Waals surface area (Å²) >= 11 is 5.99. The summed E-state index contributed by atoms with van der Waals surface area (Å²) in [5.41, 5.74) is 7.90. The summed E-state index contributed by atoms with van der Waals surface area (Å²) in [5.74, 6) is -3.07. The second-order valence-corrected chi connectivity index (χ2v) is 4.66. The molecule has 1 unspecified atom stereocenters. The first kappa shape index (κ1) is 7.22. The summed E-state index contributed by atoms with van der Waals surface area (Å²) in [4.78, 5) is 11.8. The molecule has 3 heteroatoms. The fourth-order valence-electron chi connectivity index (χ4n) is 2.53. The van der Waals surface area contributed by atoms with Gasteiger partial charge in [0.1, 0.15) is 0 Å². The van der Waals surface area contributed by atoms with E-state index in [4.69, 9.17) is 22.8 Å². The molecule has 0 fully saturated rings. The maximum Gasteiger partial charge on any atom is 0.224 e. The molecule has 1 aromatic carbocycles. The van der Waals surface area contributed by atoms with Gasteiger partial charge in [-0.1, -0.05) is 17.7 Å². The number of carbonyl (C=O) groups is 1. The maximum atomic E-state index is 11.8. The lowest BCUT2D eigenvalue weighted by molar-refractivity contribution is -0.121. The normalized spacial score (nSPS) is 33.0. The number of rotatable bonds is 1. The fraction of sp³-hybridized carbons (Fsp3) is 0.357. The van der Waals surface area contributed by atoms with Gasteiger partial charge in [0.05, 0.1) is 7.26 Å². The van der Waals surface area contributed by atoms with Gasteiger partial charge in [0, 0.05) is 9.13 Å². The molecule has 0 radical (unpaired) electrons. The van der Waals surface area contributed by atoms with Crippen LogP contribution in [0.2, 0.25) is 5.02 Å². The SMILES string of the molecule is [2H]c1c(Cl)ccc2c1C1=C(C2)C([2H])(C(N)=O)C([2H])([2H])CC1. The first-order valence-corrected chi connectivity index (χ1v) is 5.88. The summed E-state index contributed by atoms with van der Waals surface area (Å²) in [6, 6.07) is 3.56. The average molecular weight is 252 g/mol. The smallest absolute Gasteiger partial charge is 0.224 e. The molecule has 88 valence electrons. The van der Waals surface area contributed by atoms with Crippen molar-refractivity contribution in [2.45, 2.75) is 25.6 Å². The third-order valence-corrected chi connectivity index (χ3v) is 3.48. The van der Waals surface area contributed by atoms with Crippen LogP contribution in [0.25, 0.3) is 5.57 Å². The molecule has 0 saturated heterocycles. The number of fused-ring (bicyclic) bond motifs is 2. The van der Waals surface area contributed by atoms with Gasteiger partial charge in [-0.15, -0.1) is 0 Å². The Morgan fingerprint density at radius 3 is 3.24 bits per heavy atom. The average Bonchev–Trinajstić information content (AvgIpc) is 2.78. The van der Waals surface area contributed by atoms with Crippen molar-refractivity contribution in [2.75, 3.05) is 0 Å². The Balaban J connectivity index is 2.26. The van der Waals surface area contributed by atoms with Crippen molar-refractivity contribution in [2.24, 2.45) is 11.6 Å². The Labute approximate surface area is 111 Å². The highest BCUT2D eigenvalue weighted by Crippen LogP contribution is 2.44. The molecule has 2 N–H and O–H groups in total. The largest absolute Gasteiger partial charge is 0.369 e. The van der Waals surface area contributed by atoms with E-state index in [0.29, 0.717) is 28.2 Å². The van der Waals surface area contributed by atoms with Crippen LogP contribution in [-0.2, 0) is 11.2 Å². The molecule has 17 heavy (non-hydrogen) atoms. The Morgan fingerprint density at radius 2 is 2.47 bits per heavy atom. The quantitative estimate of drug-likeness (QED) is 0.819. The number of benzene rings is 1. The highest BCUT2D eigenvalue weighted by atomic mass is 35.5. The van der Waals surface area contributed by atoms with E-state index in [1.54, 1.807) is 12.1 Å². The van der Waals surface area contributed by atoms with Crippen molar-refractivity contribution in [3.8, 4) is 0 Å². The maximum absolute atomic E-state index is 11.8. The van der Waals surface area contributed by atoms with E-state index < -0.39 is 18.2 Å². The number of hydrogen-bond donors (Lipinski definition) is 1. The van der Waals surface area contributed by atoms with Crippen LogP contribution in [0.3, 0.4) is 0 Å². The molecule has 0 spiro atoms. The first-order valence-electron chi connectivity index (χ1n) is 7.51. The third kappa shape index (κ3) is 1.67. The minimum Gasteiger partial charge on any atom is -0.369 e. The highest BCUT2D eigenvalue weighted by molar-refractivity contribution is 6.30. The standard InChI is InChI=1S/C14H14ClNO/c15-9-5-4-8-6-13-10(12(8)7-9)2-1-3-11(13)14(16)17/h4-5,7,11H,1-3,6H2,(H2,16,17)/i3D2,7D,11D. The molecule has 1 aromatic rings. The van der Waals surface area contributed by atoms with Crippen LogP contribution in [0.1, 0.15) is 35.8 Å². The molecule has 0 aliphatic heterocycles. The number of hydrogen-bond acceptors (Lipinski definition) is 1. The zero-order valence-corrected chi connectivity index (χ0v) is 9.90. The van der Waals surface area contributed by atoms with Crippen molar-refractivity contribution in [3.05, 3.63) is 39.9 Å². The van der Waals surface area contributed by atoms with Crippen LogP contribution < -0.4 is 5.73 Å². The van der Waals surface area contributed by atoms with Gasteiger partial charge >= 0.3 is 0 Å². The second-order valence-electron chi connectivity index (χ2n) is 4.26. The summed E-state index contributed by atoms with van der Waals surface area (Å²) in [6.45, 7) is 0. The number of amides is 1. The van der Waals surface area contributed by atoms with Gasteiger partial charge < -0.3 is 5.73 Å². The lowest BCUT2D eigenvalue weighted by atomic mass is 9.82. The third-order valence-electron chi connectivity index (χ3n) is 3.25. The lowest BCUT2D eigenvalue weighted by Crippen LogP contribution is -2.27. The second kappa shape index (κ2) is 3.88. The van der Waals surface area contributed by atoms with E-state index in [1.807, 2.05) is 0 Å². The van der Waals surface area contributed by atoms with Crippen LogP contribution in [0.5, 0.6) is 0 Å². The Morgan fingerprint density at radius 1 is 1.65 bits per heavy atom. The number of primary amides is 1. The molecule has 2 aliphatic carbocycles. The zero-order chi connectivity index (χ0) is 15.6. The minimum atomic E-state index is -2.08. The van der Waals surface area contributed by atoms with Crippen LogP contribution in [0.4, 0.5) is 0 Å². The van der Waals surface area contributed by atoms with E-state index in [9.17, 15) is 4.79 Å². The van der Waals surface area contributed by atoms with Crippen LogP contribution in [0.15, 0.2) is 23.7 Å². The molecule has 0 bridgehead atoms. The van der Waals surface area contributed by atoms with Crippen molar-refractivity contribution >= 4 is 23.1 Å². The molecule has 0 heterocycles. The van der Waals surface area contributed by atoms with E-state index >= 15 is 0 Å². The molecule has 2 nitrogen and oxygen atoms in total. The fourth-order valence-corrected chi connectivity index (χ4v) is 2.69. The molecular weight excluding hydrogens is 234 g/mol. The van der Waals surface area contributed by atoms with Gasteiger partial charge in [-0.05, 0) is 60.0 Å². The number of allylic oxidation sites excluding steroid dienone is 1. The predicted molar refractivity (Wildman–Crippen MR) is 68.6 cm³/mol. The Kier molecular flexibility index (Phi) is 1.65. The van der Waals surface area contributed by atoms with E-state index in [0.717, 1.165) is 5.56 Å². The van der Waals surface area contributed by atoms with Crippen molar-refractivity contribution in [1.29, 1.82) is 0 Å². The summed E-state index contributed by atoms with van der Waals surface area (Å²) in [5, 5.41) is 0.311. The van der Waals surface area contributed by atoms with Crippen molar-refractivity contribution < 1.29 is 10.3 Å². The van der Waals surface area contributed by atoms with Crippen LogP contribution in [0, 0.1) is 5.89 Å². The molecule has 0 aromatic heterocycles. The Bertz CT molecular complexity index is 700. The van der Waals surface area contributed by atoms with Gasteiger partial charge in [0.2, 0.25) is 5.91 Å². The zero-order valence-electron chi connectivity index (χ0n) is 13.1. The molecule has 1 amide bonds. The van der Waals surface area contributed by atoms with Crippen LogP contribution in [-0.4, -0.2) is 5.91 Å². The number of nitrogens with two attached hydrogens (primary N) is 1. The monoisotopic (exact) mass is 251 g/mol. The van der Waals surface area contributed by atoms with Crippen molar-refractivity contribution in [1.82, 2.24) is 0 Å². The van der Waals surface area contributed by atoms with Gasteiger partial charge in [0.15, 0.2) is 0 Å². The number of halogens is 1. The molecule has 1 atom stereocenters. The van der Waals surface area contributed by atoms with Crippen LogP contribution >= 0.6 is 11.6 Å². The topological polar surface area (TPSA) is 43.1 Å². The van der Waals surface area contributed by atoms with Crippen molar-refractivity contribution in [3.63, 3.8) is 0 Å². The summed E-state index contributed by atoms with van der Waals surface area (Å²) in [6.07, 6.45) is -1.31. The Hall–Kier alpha value is -1.28.